The van der Waals surface area contributed by atoms with Gasteiger partial charge in [0.25, 0.3) is 0 Å². The minimum atomic E-state index is 0.263. The number of aromatic hydroxyl groups is 1. The lowest BCUT2D eigenvalue weighted by molar-refractivity contribution is 0.470. The zero-order chi connectivity index (χ0) is 19.1. The van der Waals surface area contributed by atoms with E-state index in [0.29, 0.717) is 5.69 Å². The highest BCUT2D eigenvalue weighted by molar-refractivity contribution is 6.07. The van der Waals surface area contributed by atoms with Crippen LogP contribution in [0.1, 0.15) is 16.7 Å². The van der Waals surface area contributed by atoms with Crippen molar-refractivity contribution < 1.29 is 5.11 Å². The van der Waals surface area contributed by atoms with E-state index in [4.69, 9.17) is 10.7 Å². The first kappa shape index (κ1) is 17.0. The maximum absolute atomic E-state index is 9.77. The number of azo groups is 1. The SMILES string of the molecule is Cc1ccc2nc3cc(N=Nc4cc(C)c(O)cc4C)ccc3c(N)c2c1. The Kier molecular flexibility index (Phi) is 4.00. The Morgan fingerprint density at radius 2 is 1.63 bits per heavy atom. The van der Waals surface area contributed by atoms with Gasteiger partial charge in [-0.15, -0.1) is 0 Å². The van der Waals surface area contributed by atoms with Crippen LogP contribution in [0.4, 0.5) is 17.1 Å². The lowest BCUT2D eigenvalue weighted by Crippen LogP contribution is -1.93. The standard InChI is InChI=1S/C22H20N4O/c1-12-4-7-18-17(8-12)22(23)16-6-5-15(11-20(16)24-18)25-26-19-9-14(3)21(27)10-13(19)2/h4-11,27H,1-3H3,(H2,23,24). The van der Waals surface area contributed by atoms with Crippen LogP contribution >= 0.6 is 0 Å². The van der Waals surface area contributed by atoms with Gasteiger partial charge in [0.05, 0.1) is 28.1 Å². The second-order valence-corrected chi connectivity index (χ2v) is 6.87. The molecule has 0 aliphatic heterocycles. The molecule has 0 aliphatic rings. The van der Waals surface area contributed by atoms with Gasteiger partial charge in [-0.05, 0) is 74.4 Å². The van der Waals surface area contributed by atoms with E-state index in [1.807, 2.05) is 57.2 Å². The Balaban J connectivity index is 1.79. The summed E-state index contributed by atoms with van der Waals surface area (Å²) in [6.45, 7) is 5.77. The number of phenolic OH excluding ortho intramolecular Hbond substituents is 1. The van der Waals surface area contributed by atoms with Gasteiger partial charge in [-0.1, -0.05) is 11.6 Å². The van der Waals surface area contributed by atoms with E-state index in [-0.39, 0.29) is 5.75 Å². The van der Waals surface area contributed by atoms with Crippen LogP contribution in [0.3, 0.4) is 0 Å². The normalized spacial score (nSPS) is 11.7. The van der Waals surface area contributed by atoms with Crippen molar-refractivity contribution in [1.82, 2.24) is 4.98 Å². The average Bonchev–Trinajstić information content (AvgIpc) is 2.64. The number of phenols is 1. The van der Waals surface area contributed by atoms with E-state index < -0.39 is 0 Å². The molecule has 4 rings (SSSR count). The molecular formula is C22H20N4O. The molecule has 4 aromatic rings. The molecule has 0 amide bonds. The topological polar surface area (TPSA) is 83.9 Å². The molecule has 3 aromatic carbocycles. The predicted octanol–water partition coefficient (Wildman–Crippen LogP) is 6.02. The first-order valence-electron chi connectivity index (χ1n) is 8.74. The molecule has 134 valence electrons. The third-order valence-corrected chi connectivity index (χ3v) is 4.74. The second-order valence-electron chi connectivity index (χ2n) is 6.87. The summed E-state index contributed by atoms with van der Waals surface area (Å²) in [6.07, 6.45) is 0. The quantitative estimate of drug-likeness (QED) is 0.340. The molecule has 0 unspecified atom stereocenters. The number of nitrogens with zero attached hydrogens (tertiary/aromatic N) is 3. The molecule has 5 nitrogen and oxygen atoms in total. The second kappa shape index (κ2) is 6.36. The highest BCUT2D eigenvalue weighted by Gasteiger charge is 2.08. The summed E-state index contributed by atoms with van der Waals surface area (Å²) in [4.78, 5) is 4.72. The van der Waals surface area contributed by atoms with E-state index in [0.717, 1.165) is 49.9 Å². The van der Waals surface area contributed by atoms with E-state index >= 15 is 0 Å². The number of hydrogen-bond donors (Lipinski definition) is 2. The Labute approximate surface area is 157 Å². The monoisotopic (exact) mass is 356 g/mol. The van der Waals surface area contributed by atoms with Crippen LogP contribution < -0.4 is 5.73 Å². The number of pyridine rings is 1. The lowest BCUT2D eigenvalue weighted by Gasteiger charge is -2.08. The third-order valence-electron chi connectivity index (χ3n) is 4.74. The first-order valence-corrected chi connectivity index (χ1v) is 8.74. The Bertz CT molecular complexity index is 1230. The minimum Gasteiger partial charge on any atom is -0.508 e. The summed E-state index contributed by atoms with van der Waals surface area (Å²) in [5.74, 6) is 0.263. The number of anilines is 1. The van der Waals surface area contributed by atoms with Crippen LogP contribution in [-0.4, -0.2) is 10.1 Å². The van der Waals surface area contributed by atoms with Gasteiger partial charge in [-0.2, -0.15) is 10.2 Å². The predicted molar refractivity (Wildman–Crippen MR) is 110 cm³/mol. The van der Waals surface area contributed by atoms with Crippen LogP contribution in [0.2, 0.25) is 0 Å². The Morgan fingerprint density at radius 3 is 2.44 bits per heavy atom. The maximum atomic E-state index is 9.77. The summed E-state index contributed by atoms with van der Waals surface area (Å²) in [5, 5.41) is 20.3. The van der Waals surface area contributed by atoms with Crippen molar-refractivity contribution in [2.24, 2.45) is 10.2 Å². The molecule has 0 atom stereocenters. The minimum absolute atomic E-state index is 0.263. The third kappa shape index (κ3) is 3.08. The molecule has 0 fully saturated rings. The number of nitrogen functional groups attached to an aromatic ring is 1. The summed E-state index contributed by atoms with van der Waals surface area (Å²) in [6, 6.07) is 15.3. The molecule has 1 aromatic heterocycles. The van der Waals surface area contributed by atoms with Crippen LogP contribution in [0.5, 0.6) is 5.75 Å². The number of rotatable bonds is 2. The molecule has 0 aliphatic carbocycles. The van der Waals surface area contributed by atoms with Crippen molar-refractivity contribution in [2.45, 2.75) is 20.8 Å². The zero-order valence-electron chi connectivity index (χ0n) is 15.5. The Morgan fingerprint density at radius 1 is 0.815 bits per heavy atom. The highest BCUT2D eigenvalue weighted by atomic mass is 16.3. The lowest BCUT2D eigenvalue weighted by atomic mass is 10.1. The average molecular weight is 356 g/mol. The van der Waals surface area contributed by atoms with Crippen molar-refractivity contribution >= 4 is 38.9 Å². The van der Waals surface area contributed by atoms with E-state index in [2.05, 4.69) is 16.3 Å². The molecule has 5 heteroatoms. The summed E-state index contributed by atoms with van der Waals surface area (Å²) >= 11 is 0. The summed E-state index contributed by atoms with van der Waals surface area (Å²) in [5.41, 5.74) is 13.0. The molecule has 27 heavy (non-hydrogen) atoms. The first-order chi connectivity index (χ1) is 12.9. The van der Waals surface area contributed by atoms with Gasteiger partial charge in [0.15, 0.2) is 0 Å². The summed E-state index contributed by atoms with van der Waals surface area (Å²) < 4.78 is 0. The molecule has 0 radical (unpaired) electrons. The number of hydrogen-bond acceptors (Lipinski definition) is 5. The van der Waals surface area contributed by atoms with E-state index in [1.165, 1.54) is 0 Å². The van der Waals surface area contributed by atoms with Gasteiger partial charge >= 0.3 is 0 Å². The van der Waals surface area contributed by atoms with Crippen LogP contribution in [0, 0.1) is 20.8 Å². The van der Waals surface area contributed by atoms with Gasteiger partial charge in [-0.3, -0.25) is 0 Å². The van der Waals surface area contributed by atoms with Gasteiger partial charge < -0.3 is 10.8 Å². The molecule has 0 spiro atoms. The molecule has 0 saturated carbocycles. The fourth-order valence-electron chi connectivity index (χ4n) is 3.15. The molecule has 0 bridgehead atoms. The number of benzene rings is 3. The van der Waals surface area contributed by atoms with Crippen LogP contribution in [-0.2, 0) is 0 Å². The van der Waals surface area contributed by atoms with Crippen molar-refractivity contribution in [3.05, 3.63) is 65.2 Å². The van der Waals surface area contributed by atoms with E-state index in [1.54, 1.807) is 6.07 Å². The van der Waals surface area contributed by atoms with Gasteiger partial charge in [-0.25, -0.2) is 4.98 Å². The van der Waals surface area contributed by atoms with Gasteiger partial charge in [0.2, 0.25) is 0 Å². The number of fused-ring (bicyclic) bond motifs is 2. The summed E-state index contributed by atoms with van der Waals surface area (Å²) in [7, 11) is 0. The number of nitrogens with two attached hydrogens (primary N) is 1. The molecule has 3 N–H and O–H groups in total. The number of aryl methyl sites for hydroxylation is 3. The van der Waals surface area contributed by atoms with Crippen molar-refractivity contribution in [3.8, 4) is 5.75 Å². The molecular weight excluding hydrogens is 336 g/mol. The zero-order valence-corrected chi connectivity index (χ0v) is 15.5. The number of aromatic nitrogens is 1. The highest BCUT2D eigenvalue weighted by Crippen LogP contribution is 2.32. The van der Waals surface area contributed by atoms with Crippen molar-refractivity contribution in [1.29, 1.82) is 0 Å². The van der Waals surface area contributed by atoms with E-state index in [9.17, 15) is 5.11 Å². The van der Waals surface area contributed by atoms with Gasteiger partial charge in [0, 0.05) is 10.8 Å². The fourth-order valence-corrected chi connectivity index (χ4v) is 3.15. The largest absolute Gasteiger partial charge is 0.508 e. The van der Waals surface area contributed by atoms with Crippen LogP contribution in [0.25, 0.3) is 21.8 Å². The van der Waals surface area contributed by atoms with Crippen molar-refractivity contribution in [2.75, 3.05) is 5.73 Å². The van der Waals surface area contributed by atoms with Crippen molar-refractivity contribution in [3.63, 3.8) is 0 Å². The smallest absolute Gasteiger partial charge is 0.118 e. The maximum Gasteiger partial charge on any atom is 0.118 e. The van der Waals surface area contributed by atoms with Crippen LogP contribution in [0.15, 0.2) is 58.8 Å². The Hall–Kier alpha value is -3.47. The molecule has 0 saturated heterocycles. The van der Waals surface area contributed by atoms with Gasteiger partial charge in [0.1, 0.15) is 5.75 Å². The molecule has 1 heterocycles. The fraction of sp³-hybridized carbons (Fsp3) is 0.136.